The molecule has 5 heteroatoms. The Labute approximate surface area is 89.0 Å². The third kappa shape index (κ3) is 3.07. The Morgan fingerprint density at radius 2 is 2.20 bits per heavy atom. The van der Waals surface area contributed by atoms with Crippen molar-refractivity contribution in [3.05, 3.63) is 18.0 Å². The summed E-state index contributed by atoms with van der Waals surface area (Å²) in [4.78, 5) is 4.18. The normalized spacial score (nSPS) is 10.1. The number of nitrogens with one attached hydrogen (secondary N) is 1. The molecule has 5 nitrogen and oxygen atoms in total. The van der Waals surface area contributed by atoms with Gasteiger partial charge in [0.1, 0.15) is 0 Å². The van der Waals surface area contributed by atoms with Crippen molar-refractivity contribution >= 4 is 0 Å². The van der Waals surface area contributed by atoms with Gasteiger partial charge in [-0.15, -0.1) is 0 Å². The molecular weight excluding hydrogens is 196 g/mol. The average Bonchev–Trinajstić information content (AvgIpc) is 2.29. The molecule has 0 saturated heterocycles. The van der Waals surface area contributed by atoms with Crippen LogP contribution >= 0.6 is 0 Å². The van der Waals surface area contributed by atoms with Crippen LogP contribution < -0.4 is 14.8 Å². The van der Waals surface area contributed by atoms with E-state index in [0.29, 0.717) is 24.6 Å². The maximum Gasteiger partial charge on any atom is 0.183 e. The molecule has 1 rings (SSSR count). The summed E-state index contributed by atoms with van der Waals surface area (Å²) in [5.74, 6) is 1.29. The second-order valence-electron chi connectivity index (χ2n) is 2.89. The molecule has 0 aromatic carbocycles. The summed E-state index contributed by atoms with van der Waals surface area (Å²) >= 11 is 0. The lowest BCUT2D eigenvalue weighted by Crippen LogP contribution is -2.18. The summed E-state index contributed by atoms with van der Waals surface area (Å²) in [6, 6.07) is 1.74. The fourth-order valence-electron chi connectivity index (χ4n) is 1.26. The lowest BCUT2D eigenvalue weighted by molar-refractivity contribution is 0.290. The second-order valence-corrected chi connectivity index (χ2v) is 2.89. The van der Waals surface area contributed by atoms with Gasteiger partial charge in [0, 0.05) is 25.4 Å². The number of aliphatic hydroxyl groups excluding tert-OH is 1. The first-order valence-corrected chi connectivity index (χ1v) is 4.71. The van der Waals surface area contributed by atoms with E-state index in [0.717, 1.165) is 5.69 Å². The topological polar surface area (TPSA) is 63.6 Å². The number of nitrogens with zero attached hydrogens (tertiary/aromatic N) is 1. The molecule has 1 heterocycles. The highest BCUT2D eigenvalue weighted by molar-refractivity contribution is 5.42. The number of hydrogen-bond donors (Lipinski definition) is 2. The van der Waals surface area contributed by atoms with Gasteiger partial charge < -0.3 is 19.9 Å². The minimum absolute atomic E-state index is 0.103. The number of aliphatic hydroxyl groups is 1. The maximum atomic E-state index is 8.63. The highest BCUT2D eigenvalue weighted by Gasteiger charge is 2.09. The van der Waals surface area contributed by atoms with Crippen molar-refractivity contribution in [1.29, 1.82) is 0 Å². The van der Waals surface area contributed by atoms with Crippen molar-refractivity contribution in [3.63, 3.8) is 0 Å². The summed E-state index contributed by atoms with van der Waals surface area (Å²) in [6.07, 6.45) is 1.66. The Balaban J connectivity index is 2.76. The molecule has 0 unspecified atom stereocenters. The van der Waals surface area contributed by atoms with Gasteiger partial charge in [0.2, 0.25) is 0 Å². The van der Waals surface area contributed by atoms with Crippen LogP contribution in [0.3, 0.4) is 0 Å². The molecule has 0 bridgehead atoms. The van der Waals surface area contributed by atoms with Crippen molar-refractivity contribution in [1.82, 2.24) is 10.3 Å². The van der Waals surface area contributed by atoms with E-state index in [9.17, 15) is 0 Å². The fraction of sp³-hybridized carbons (Fsp3) is 0.500. The van der Waals surface area contributed by atoms with Gasteiger partial charge in [-0.3, -0.25) is 4.98 Å². The number of aromatic nitrogens is 1. The molecule has 0 saturated carbocycles. The molecule has 2 N–H and O–H groups in total. The number of methoxy groups -OCH3 is 2. The molecule has 84 valence electrons. The minimum Gasteiger partial charge on any atom is -0.493 e. The fourth-order valence-corrected chi connectivity index (χ4v) is 1.26. The number of hydrogen-bond acceptors (Lipinski definition) is 5. The number of ether oxygens (including phenoxy) is 2. The maximum absolute atomic E-state index is 8.63. The SMILES string of the molecule is COc1ccnc(CNCCO)c1OC. The van der Waals surface area contributed by atoms with Crippen LogP contribution in [0.2, 0.25) is 0 Å². The highest BCUT2D eigenvalue weighted by atomic mass is 16.5. The molecular formula is C10H16N2O3. The number of pyridine rings is 1. The van der Waals surface area contributed by atoms with E-state index < -0.39 is 0 Å². The van der Waals surface area contributed by atoms with E-state index in [2.05, 4.69) is 10.3 Å². The standard InChI is InChI=1S/C10H16N2O3/c1-14-9-3-4-12-8(10(9)15-2)7-11-5-6-13/h3-4,11,13H,5-7H2,1-2H3. The van der Waals surface area contributed by atoms with Gasteiger partial charge in [0.15, 0.2) is 11.5 Å². The van der Waals surface area contributed by atoms with Gasteiger partial charge in [0.05, 0.1) is 26.5 Å². The molecule has 0 fully saturated rings. The largest absolute Gasteiger partial charge is 0.493 e. The summed E-state index contributed by atoms with van der Waals surface area (Å²) in [5.41, 5.74) is 0.769. The zero-order valence-corrected chi connectivity index (χ0v) is 8.99. The molecule has 0 atom stereocenters. The predicted octanol–water partition coefficient (Wildman–Crippen LogP) is 0.181. The van der Waals surface area contributed by atoms with Crippen LogP contribution in [0.5, 0.6) is 11.5 Å². The van der Waals surface area contributed by atoms with Gasteiger partial charge in [0.25, 0.3) is 0 Å². The van der Waals surface area contributed by atoms with Gasteiger partial charge in [-0.05, 0) is 0 Å². The molecule has 0 radical (unpaired) electrons. The Hall–Kier alpha value is -1.33. The Morgan fingerprint density at radius 3 is 2.80 bits per heavy atom. The van der Waals surface area contributed by atoms with Crippen LogP contribution in [0.15, 0.2) is 12.3 Å². The molecule has 0 aliphatic carbocycles. The van der Waals surface area contributed by atoms with E-state index in [1.54, 1.807) is 26.5 Å². The first-order chi connectivity index (χ1) is 7.33. The van der Waals surface area contributed by atoms with Crippen molar-refractivity contribution in [3.8, 4) is 11.5 Å². The summed E-state index contributed by atoms with van der Waals surface area (Å²) in [6.45, 7) is 1.18. The smallest absolute Gasteiger partial charge is 0.183 e. The third-order valence-corrected chi connectivity index (χ3v) is 1.95. The van der Waals surface area contributed by atoms with E-state index in [1.165, 1.54) is 0 Å². The van der Waals surface area contributed by atoms with E-state index in [1.807, 2.05) is 0 Å². The molecule has 0 aliphatic heterocycles. The first-order valence-electron chi connectivity index (χ1n) is 4.71. The van der Waals surface area contributed by atoms with Crippen molar-refractivity contribution in [2.24, 2.45) is 0 Å². The van der Waals surface area contributed by atoms with Crippen LogP contribution in [-0.2, 0) is 6.54 Å². The molecule has 1 aromatic heterocycles. The molecule has 15 heavy (non-hydrogen) atoms. The van der Waals surface area contributed by atoms with Crippen molar-refractivity contribution in [2.75, 3.05) is 27.4 Å². The summed E-state index contributed by atoms with van der Waals surface area (Å²) in [5, 5.41) is 11.7. The van der Waals surface area contributed by atoms with Crippen LogP contribution in [-0.4, -0.2) is 37.5 Å². The van der Waals surface area contributed by atoms with Gasteiger partial charge in [-0.25, -0.2) is 0 Å². The van der Waals surface area contributed by atoms with Gasteiger partial charge >= 0.3 is 0 Å². The lowest BCUT2D eigenvalue weighted by atomic mass is 10.3. The van der Waals surface area contributed by atoms with E-state index >= 15 is 0 Å². The summed E-state index contributed by atoms with van der Waals surface area (Å²) in [7, 11) is 3.16. The monoisotopic (exact) mass is 212 g/mol. The van der Waals surface area contributed by atoms with Gasteiger partial charge in [-0.1, -0.05) is 0 Å². The zero-order valence-electron chi connectivity index (χ0n) is 8.99. The van der Waals surface area contributed by atoms with Crippen LogP contribution in [0, 0.1) is 0 Å². The van der Waals surface area contributed by atoms with Crippen molar-refractivity contribution in [2.45, 2.75) is 6.54 Å². The van der Waals surface area contributed by atoms with E-state index in [-0.39, 0.29) is 6.61 Å². The van der Waals surface area contributed by atoms with Crippen LogP contribution in [0.1, 0.15) is 5.69 Å². The van der Waals surface area contributed by atoms with Crippen molar-refractivity contribution < 1.29 is 14.6 Å². The lowest BCUT2D eigenvalue weighted by Gasteiger charge is -2.11. The Morgan fingerprint density at radius 1 is 1.40 bits per heavy atom. The number of rotatable bonds is 6. The van der Waals surface area contributed by atoms with Crippen LogP contribution in [0.4, 0.5) is 0 Å². The molecule has 1 aromatic rings. The minimum atomic E-state index is 0.103. The quantitative estimate of drug-likeness (QED) is 0.659. The Bertz CT molecular complexity index is 305. The average molecular weight is 212 g/mol. The molecule has 0 spiro atoms. The first kappa shape index (κ1) is 11.7. The molecule has 0 amide bonds. The van der Waals surface area contributed by atoms with Crippen LogP contribution in [0.25, 0.3) is 0 Å². The highest BCUT2D eigenvalue weighted by Crippen LogP contribution is 2.28. The Kier molecular flexibility index (Phi) is 4.86. The second kappa shape index (κ2) is 6.21. The molecule has 0 aliphatic rings. The zero-order chi connectivity index (χ0) is 11.1. The van der Waals surface area contributed by atoms with E-state index in [4.69, 9.17) is 14.6 Å². The predicted molar refractivity (Wildman–Crippen MR) is 56.1 cm³/mol. The van der Waals surface area contributed by atoms with Gasteiger partial charge in [-0.2, -0.15) is 0 Å². The third-order valence-electron chi connectivity index (χ3n) is 1.95. The summed E-state index contributed by atoms with van der Waals surface area (Å²) < 4.78 is 10.3.